The molecular weight excluding hydrogens is 502 g/mol. The Morgan fingerprint density at radius 1 is 0.872 bits per heavy atom. The van der Waals surface area contributed by atoms with E-state index in [2.05, 4.69) is 21.3 Å². The summed E-state index contributed by atoms with van der Waals surface area (Å²) in [5.41, 5.74) is 5.78. The number of carbonyl (C=O) groups is 5. The number of nitrogens with two attached hydrogens (primary N) is 1. The minimum atomic E-state index is -0.943. The van der Waals surface area contributed by atoms with E-state index in [0.717, 1.165) is 5.56 Å². The van der Waals surface area contributed by atoms with Crippen molar-refractivity contribution in [2.45, 2.75) is 97.4 Å². The van der Waals surface area contributed by atoms with Crippen molar-refractivity contribution in [2.24, 2.45) is 11.7 Å². The number of ether oxygens (including phenoxy) is 1. The molecule has 11 nitrogen and oxygen atoms in total. The average molecular weight is 548 g/mol. The molecule has 0 spiro atoms. The fraction of sp³-hybridized carbons (Fsp3) is 0.607. The third kappa shape index (κ3) is 14.8. The maximum absolute atomic E-state index is 13.1. The summed E-state index contributed by atoms with van der Waals surface area (Å²) in [5, 5.41) is 10.7. The molecule has 0 fully saturated rings. The van der Waals surface area contributed by atoms with Crippen LogP contribution in [0.15, 0.2) is 30.3 Å². The van der Waals surface area contributed by atoms with Crippen LogP contribution >= 0.6 is 0 Å². The van der Waals surface area contributed by atoms with Crippen molar-refractivity contribution < 1.29 is 28.7 Å². The highest BCUT2D eigenvalue weighted by atomic mass is 16.6. The van der Waals surface area contributed by atoms with E-state index in [1.54, 1.807) is 20.8 Å². The van der Waals surface area contributed by atoms with E-state index in [9.17, 15) is 24.0 Å². The van der Waals surface area contributed by atoms with Gasteiger partial charge in [-0.2, -0.15) is 0 Å². The zero-order valence-corrected chi connectivity index (χ0v) is 24.0. The van der Waals surface area contributed by atoms with Gasteiger partial charge in [0, 0.05) is 19.9 Å². The summed E-state index contributed by atoms with van der Waals surface area (Å²) < 4.78 is 5.18. The third-order valence-corrected chi connectivity index (χ3v) is 5.56. The van der Waals surface area contributed by atoms with Crippen molar-refractivity contribution >= 4 is 29.7 Å². The number of unbranched alkanes of at least 4 members (excludes halogenated alkanes) is 1. The molecule has 0 saturated heterocycles. The molecule has 11 heteroatoms. The Morgan fingerprint density at radius 2 is 1.46 bits per heavy atom. The van der Waals surface area contributed by atoms with E-state index in [-0.39, 0.29) is 24.7 Å². The van der Waals surface area contributed by atoms with Crippen LogP contribution in [-0.2, 0) is 30.3 Å². The van der Waals surface area contributed by atoms with Crippen LogP contribution in [-0.4, -0.2) is 60.0 Å². The van der Waals surface area contributed by atoms with Gasteiger partial charge in [-0.05, 0) is 57.9 Å². The predicted octanol–water partition coefficient (Wildman–Crippen LogP) is 1.93. The van der Waals surface area contributed by atoms with Gasteiger partial charge < -0.3 is 31.7 Å². The molecule has 39 heavy (non-hydrogen) atoms. The Hall–Kier alpha value is -3.63. The van der Waals surface area contributed by atoms with Gasteiger partial charge in [0.15, 0.2) is 0 Å². The molecule has 0 aliphatic carbocycles. The number of benzene rings is 1. The molecule has 1 aromatic carbocycles. The van der Waals surface area contributed by atoms with Gasteiger partial charge in [0.2, 0.25) is 23.6 Å². The summed E-state index contributed by atoms with van der Waals surface area (Å²) in [6, 6.07) is 6.47. The van der Waals surface area contributed by atoms with E-state index in [1.807, 2.05) is 44.2 Å². The first-order chi connectivity index (χ1) is 18.2. The van der Waals surface area contributed by atoms with E-state index in [1.165, 1.54) is 6.92 Å². The zero-order valence-electron chi connectivity index (χ0n) is 24.0. The molecule has 5 amide bonds. The van der Waals surface area contributed by atoms with Crippen molar-refractivity contribution in [3.8, 4) is 0 Å². The highest BCUT2D eigenvalue weighted by molar-refractivity contribution is 5.93. The van der Waals surface area contributed by atoms with E-state index in [4.69, 9.17) is 10.5 Å². The number of hydrogen-bond acceptors (Lipinski definition) is 6. The van der Waals surface area contributed by atoms with Crippen LogP contribution in [0.5, 0.6) is 0 Å². The van der Waals surface area contributed by atoms with Crippen molar-refractivity contribution in [2.75, 3.05) is 6.54 Å². The molecule has 0 aliphatic rings. The maximum atomic E-state index is 13.1. The molecule has 218 valence electrons. The van der Waals surface area contributed by atoms with Crippen LogP contribution < -0.4 is 27.0 Å². The Bertz CT molecular complexity index is 961. The minimum absolute atomic E-state index is 0.0559. The van der Waals surface area contributed by atoms with Crippen molar-refractivity contribution in [1.29, 1.82) is 0 Å². The second kappa shape index (κ2) is 16.4. The largest absolute Gasteiger partial charge is 0.444 e. The lowest BCUT2D eigenvalue weighted by molar-refractivity contribution is -0.133. The minimum Gasteiger partial charge on any atom is -0.444 e. The molecule has 0 aromatic heterocycles. The Kier molecular flexibility index (Phi) is 14.0. The molecule has 0 heterocycles. The summed E-state index contributed by atoms with van der Waals surface area (Å²) in [6.45, 7) is 10.8. The highest BCUT2D eigenvalue weighted by Crippen LogP contribution is 2.10. The number of carbonyl (C=O) groups excluding carboxylic acids is 5. The average Bonchev–Trinajstić information content (AvgIpc) is 2.80. The van der Waals surface area contributed by atoms with Crippen LogP contribution in [0.25, 0.3) is 0 Å². The van der Waals surface area contributed by atoms with Crippen molar-refractivity contribution in [3.63, 3.8) is 0 Å². The first kappa shape index (κ1) is 33.4. The number of rotatable bonds is 15. The third-order valence-electron chi connectivity index (χ3n) is 5.56. The van der Waals surface area contributed by atoms with Gasteiger partial charge >= 0.3 is 6.09 Å². The van der Waals surface area contributed by atoms with Gasteiger partial charge in [-0.15, -0.1) is 0 Å². The van der Waals surface area contributed by atoms with Crippen LogP contribution in [0.3, 0.4) is 0 Å². The fourth-order valence-corrected chi connectivity index (χ4v) is 3.82. The Labute approximate surface area is 231 Å². The standard InChI is InChI=1S/C28H45N5O6/c1-18(2)16-22(33-26(37)23(31-19(3)34)17-20-12-8-7-9-13-20)25(36)32-21(24(29)35)14-10-11-15-30-27(38)39-28(4,5)6/h7-9,12-13,18,21-23H,10-11,14-17H2,1-6H3,(H2,29,35)(H,30,38)(H,31,34)(H,32,36)(H,33,37)/t21-,22-,23-/m0/s1. The molecule has 0 saturated carbocycles. The lowest BCUT2D eigenvalue weighted by Gasteiger charge is -2.25. The number of alkyl carbamates (subject to hydrolysis) is 1. The normalized spacial score (nSPS) is 13.5. The van der Waals surface area contributed by atoms with Crippen LogP contribution in [0.2, 0.25) is 0 Å². The fourth-order valence-electron chi connectivity index (χ4n) is 3.82. The van der Waals surface area contributed by atoms with E-state index >= 15 is 0 Å². The van der Waals surface area contributed by atoms with E-state index < -0.39 is 47.5 Å². The molecule has 3 atom stereocenters. The second-order valence-corrected chi connectivity index (χ2v) is 11.0. The summed E-state index contributed by atoms with van der Waals surface area (Å²) in [4.78, 5) is 61.8. The lowest BCUT2D eigenvalue weighted by Crippen LogP contribution is -2.57. The second-order valence-electron chi connectivity index (χ2n) is 11.0. The summed E-state index contributed by atoms with van der Waals surface area (Å²) in [5.74, 6) is -2.04. The summed E-state index contributed by atoms with van der Waals surface area (Å²) >= 11 is 0. The van der Waals surface area contributed by atoms with Crippen LogP contribution in [0, 0.1) is 5.92 Å². The molecule has 0 unspecified atom stereocenters. The number of hydrogen-bond donors (Lipinski definition) is 5. The number of amides is 5. The SMILES string of the molecule is CC(=O)N[C@@H](Cc1ccccc1)C(=O)N[C@@H](CC(C)C)C(=O)N[C@@H](CCCCNC(=O)OC(C)(C)C)C(N)=O. The summed E-state index contributed by atoms with van der Waals surface area (Å²) in [7, 11) is 0. The topological polar surface area (TPSA) is 169 Å². The smallest absolute Gasteiger partial charge is 0.407 e. The summed E-state index contributed by atoms with van der Waals surface area (Å²) in [6.07, 6.45) is 1.36. The maximum Gasteiger partial charge on any atom is 0.407 e. The van der Waals surface area contributed by atoms with E-state index in [0.29, 0.717) is 25.8 Å². The van der Waals surface area contributed by atoms with Gasteiger partial charge in [0.25, 0.3) is 0 Å². The molecule has 6 N–H and O–H groups in total. The predicted molar refractivity (Wildman–Crippen MR) is 148 cm³/mol. The van der Waals surface area contributed by atoms with Crippen LogP contribution in [0.1, 0.15) is 72.8 Å². The molecule has 0 bridgehead atoms. The highest BCUT2D eigenvalue weighted by Gasteiger charge is 2.29. The van der Waals surface area contributed by atoms with Gasteiger partial charge in [-0.25, -0.2) is 4.79 Å². The Morgan fingerprint density at radius 3 is 2.00 bits per heavy atom. The molecule has 1 aromatic rings. The molecule has 0 radical (unpaired) electrons. The first-order valence-corrected chi connectivity index (χ1v) is 13.4. The van der Waals surface area contributed by atoms with Crippen molar-refractivity contribution in [3.05, 3.63) is 35.9 Å². The number of primary amides is 1. The molecule has 0 aliphatic heterocycles. The van der Waals surface area contributed by atoms with Gasteiger partial charge in [-0.3, -0.25) is 19.2 Å². The lowest BCUT2D eigenvalue weighted by atomic mass is 10.00. The van der Waals surface area contributed by atoms with Crippen LogP contribution in [0.4, 0.5) is 4.79 Å². The van der Waals surface area contributed by atoms with Gasteiger partial charge in [-0.1, -0.05) is 44.2 Å². The quantitative estimate of drug-likeness (QED) is 0.210. The molecule has 1 rings (SSSR count). The van der Waals surface area contributed by atoms with Crippen molar-refractivity contribution in [1.82, 2.24) is 21.3 Å². The zero-order chi connectivity index (χ0) is 29.6. The van der Waals surface area contributed by atoms with Gasteiger partial charge in [0.1, 0.15) is 23.7 Å². The van der Waals surface area contributed by atoms with Gasteiger partial charge in [0.05, 0.1) is 0 Å². The monoisotopic (exact) mass is 547 g/mol. The molecular formula is C28H45N5O6. The number of nitrogens with one attached hydrogen (secondary N) is 4. The first-order valence-electron chi connectivity index (χ1n) is 13.4. The Balaban J connectivity index is 2.77.